The first kappa shape index (κ1) is 14.8. The minimum Gasteiger partial charge on any atom is -0.378 e. The molecule has 2 aromatic carbocycles. The molecule has 0 amide bonds. The van der Waals surface area contributed by atoms with E-state index in [0.717, 1.165) is 12.4 Å². The van der Waals surface area contributed by atoms with Crippen LogP contribution < -0.4 is 10.2 Å². The van der Waals surface area contributed by atoms with Crippen LogP contribution in [0.5, 0.6) is 0 Å². The van der Waals surface area contributed by atoms with E-state index in [-0.39, 0.29) is 12.1 Å². The average molecular weight is 319 g/mol. The van der Waals surface area contributed by atoms with E-state index in [1.165, 1.54) is 16.8 Å². The van der Waals surface area contributed by atoms with Crippen LogP contribution in [-0.2, 0) is 0 Å². The largest absolute Gasteiger partial charge is 0.378 e. The molecule has 5 heteroatoms. The summed E-state index contributed by atoms with van der Waals surface area (Å²) in [6.07, 6.45) is 2.57. The number of anilines is 2. The van der Waals surface area contributed by atoms with Gasteiger partial charge in [0.05, 0.1) is 12.1 Å². The van der Waals surface area contributed by atoms with Crippen molar-refractivity contribution in [1.82, 2.24) is 14.8 Å². The summed E-state index contributed by atoms with van der Waals surface area (Å²) in [6.45, 7) is 0. The lowest BCUT2D eigenvalue weighted by molar-refractivity contribution is 0.431. The Kier molecular flexibility index (Phi) is 3.69. The summed E-state index contributed by atoms with van der Waals surface area (Å²) < 4.78 is 1.99. The Morgan fingerprint density at radius 3 is 2.46 bits per heavy atom. The van der Waals surface area contributed by atoms with Crippen LogP contribution >= 0.6 is 0 Å². The number of nitrogens with one attached hydrogen (secondary N) is 1. The van der Waals surface area contributed by atoms with Gasteiger partial charge in [0.1, 0.15) is 6.33 Å². The van der Waals surface area contributed by atoms with E-state index in [4.69, 9.17) is 0 Å². The van der Waals surface area contributed by atoms with Crippen molar-refractivity contribution in [1.29, 1.82) is 0 Å². The quantitative estimate of drug-likeness (QED) is 0.803. The van der Waals surface area contributed by atoms with Gasteiger partial charge >= 0.3 is 0 Å². The number of rotatable bonds is 3. The van der Waals surface area contributed by atoms with Crippen molar-refractivity contribution in [2.75, 3.05) is 24.3 Å². The van der Waals surface area contributed by atoms with Crippen LogP contribution in [0.25, 0.3) is 0 Å². The van der Waals surface area contributed by atoms with E-state index in [2.05, 4.69) is 82.9 Å². The Bertz CT molecular complexity index is 807. The molecule has 4 rings (SSSR count). The van der Waals surface area contributed by atoms with Crippen LogP contribution in [0.4, 0.5) is 11.6 Å². The highest BCUT2D eigenvalue weighted by Gasteiger charge is 2.29. The second kappa shape index (κ2) is 6.00. The van der Waals surface area contributed by atoms with E-state index >= 15 is 0 Å². The monoisotopic (exact) mass is 319 g/mol. The third kappa shape index (κ3) is 2.62. The first-order valence-corrected chi connectivity index (χ1v) is 8.20. The lowest BCUT2D eigenvalue weighted by atomic mass is 9.93. The molecule has 0 spiro atoms. The van der Waals surface area contributed by atoms with Gasteiger partial charge in [0.25, 0.3) is 0 Å². The Hall–Kier alpha value is -2.82. The fourth-order valence-corrected chi connectivity index (χ4v) is 3.30. The molecule has 1 aliphatic rings. The minimum atomic E-state index is 0.185. The van der Waals surface area contributed by atoms with E-state index in [1.54, 1.807) is 6.33 Å². The molecule has 2 atom stereocenters. The van der Waals surface area contributed by atoms with E-state index in [0.29, 0.717) is 0 Å². The summed E-state index contributed by atoms with van der Waals surface area (Å²) in [4.78, 5) is 6.50. The SMILES string of the molecule is CN(C)c1ccc([C@@H]2C[C@@H](c3ccccc3)Nc3ncnn32)cc1. The van der Waals surface area contributed by atoms with Gasteiger partial charge in [-0.25, -0.2) is 4.68 Å². The third-order valence-corrected chi connectivity index (χ3v) is 4.63. The zero-order valence-corrected chi connectivity index (χ0v) is 13.9. The Balaban J connectivity index is 1.69. The summed E-state index contributed by atoms with van der Waals surface area (Å²) in [5.74, 6) is 0.830. The predicted molar refractivity (Wildman–Crippen MR) is 96.4 cm³/mol. The first-order valence-electron chi connectivity index (χ1n) is 8.20. The van der Waals surface area contributed by atoms with Crippen molar-refractivity contribution in [2.45, 2.75) is 18.5 Å². The molecule has 122 valence electrons. The molecule has 1 N–H and O–H groups in total. The maximum absolute atomic E-state index is 4.43. The maximum atomic E-state index is 4.43. The smallest absolute Gasteiger partial charge is 0.222 e. The number of benzene rings is 2. The standard InChI is InChI=1S/C19H21N5/c1-23(2)16-10-8-15(9-11-16)18-12-17(14-6-4-3-5-7-14)22-19-20-13-21-24(18)19/h3-11,13,17-18H,12H2,1-2H3,(H,20,21,22)/t17-,18-/m0/s1. The van der Waals surface area contributed by atoms with Crippen LogP contribution in [0.3, 0.4) is 0 Å². The number of aromatic nitrogens is 3. The molecule has 0 saturated heterocycles. The summed E-state index contributed by atoms with van der Waals surface area (Å²) >= 11 is 0. The third-order valence-electron chi connectivity index (χ3n) is 4.63. The molecular weight excluding hydrogens is 298 g/mol. The molecule has 0 saturated carbocycles. The average Bonchev–Trinajstić information content (AvgIpc) is 3.10. The molecule has 0 bridgehead atoms. The van der Waals surface area contributed by atoms with Crippen molar-refractivity contribution in [3.8, 4) is 0 Å². The Morgan fingerprint density at radius 2 is 1.75 bits per heavy atom. The Morgan fingerprint density at radius 1 is 1.00 bits per heavy atom. The fraction of sp³-hybridized carbons (Fsp3) is 0.263. The van der Waals surface area contributed by atoms with Crippen molar-refractivity contribution >= 4 is 11.6 Å². The molecule has 24 heavy (non-hydrogen) atoms. The minimum absolute atomic E-state index is 0.185. The van der Waals surface area contributed by atoms with Crippen LogP contribution in [0.15, 0.2) is 60.9 Å². The second-order valence-corrected chi connectivity index (χ2v) is 6.37. The first-order chi connectivity index (χ1) is 11.7. The molecule has 0 aliphatic carbocycles. The zero-order chi connectivity index (χ0) is 16.5. The molecule has 5 nitrogen and oxygen atoms in total. The van der Waals surface area contributed by atoms with Gasteiger partial charge in [0.2, 0.25) is 5.95 Å². The highest BCUT2D eigenvalue weighted by atomic mass is 15.4. The predicted octanol–water partition coefficient (Wildman–Crippen LogP) is 3.49. The summed E-state index contributed by atoms with van der Waals surface area (Å²) in [5, 5.41) is 7.94. The highest BCUT2D eigenvalue weighted by molar-refractivity contribution is 5.47. The molecule has 2 heterocycles. The molecule has 0 unspecified atom stereocenters. The topological polar surface area (TPSA) is 46.0 Å². The summed E-state index contributed by atoms with van der Waals surface area (Å²) in [7, 11) is 4.11. The molecule has 3 aromatic rings. The van der Waals surface area contributed by atoms with Gasteiger partial charge in [-0.15, -0.1) is 0 Å². The van der Waals surface area contributed by atoms with Crippen molar-refractivity contribution in [3.05, 3.63) is 72.1 Å². The van der Waals surface area contributed by atoms with Crippen LogP contribution in [-0.4, -0.2) is 28.9 Å². The number of hydrogen-bond donors (Lipinski definition) is 1. The Labute approximate surface area is 142 Å². The number of nitrogens with zero attached hydrogens (tertiary/aromatic N) is 4. The second-order valence-electron chi connectivity index (χ2n) is 6.37. The zero-order valence-electron chi connectivity index (χ0n) is 13.9. The lowest BCUT2D eigenvalue weighted by Gasteiger charge is -2.32. The molecule has 0 radical (unpaired) electrons. The normalized spacial score (nSPS) is 19.4. The van der Waals surface area contributed by atoms with Gasteiger partial charge in [-0.05, 0) is 29.7 Å². The maximum Gasteiger partial charge on any atom is 0.222 e. The highest BCUT2D eigenvalue weighted by Crippen LogP contribution is 2.37. The van der Waals surface area contributed by atoms with Gasteiger partial charge in [-0.3, -0.25) is 0 Å². The summed E-state index contributed by atoms with van der Waals surface area (Å²) in [6, 6.07) is 19.7. The molecule has 0 fully saturated rings. The van der Waals surface area contributed by atoms with Crippen LogP contribution in [0.1, 0.15) is 29.6 Å². The fourth-order valence-electron chi connectivity index (χ4n) is 3.30. The number of hydrogen-bond acceptors (Lipinski definition) is 4. The van der Waals surface area contributed by atoms with Gasteiger partial charge in [-0.2, -0.15) is 10.1 Å². The van der Waals surface area contributed by atoms with Crippen molar-refractivity contribution in [2.24, 2.45) is 0 Å². The van der Waals surface area contributed by atoms with Crippen LogP contribution in [0, 0.1) is 0 Å². The molecule has 1 aliphatic heterocycles. The van der Waals surface area contributed by atoms with Crippen molar-refractivity contribution in [3.63, 3.8) is 0 Å². The van der Waals surface area contributed by atoms with E-state index < -0.39 is 0 Å². The molecule has 1 aromatic heterocycles. The van der Waals surface area contributed by atoms with Gasteiger partial charge in [0, 0.05) is 19.8 Å². The summed E-state index contributed by atoms with van der Waals surface area (Å²) in [5.41, 5.74) is 3.74. The van der Waals surface area contributed by atoms with E-state index in [1.807, 2.05) is 10.7 Å². The molecular formula is C19H21N5. The van der Waals surface area contributed by atoms with E-state index in [9.17, 15) is 0 Å². The van der Waals surface area contributed by atoms with Crippen molar-refractivity contribution < 1.29 is 0 Å². The van der Waals surface area contributed by atoms with Gasteiger partial charge in [-0.1, -0.05) is 42.5 Å². The van der Waals surface area contributed by atoms with Gasteiger partial charge in [0.15, 0.2) is 0 Å². The van der Waals surface area contributed by atoms with Crippen LogP contribution in [0.2, 0.25) is 0 Å². The number of fused-ring (bicyclic) bond motifs is 1. The lowest BCUT2D eigenvalue weighted by Crippen LogP contribution is -2.28. The van der Waals surface area contributed by atoms with Gasteiger partial charge < -0.3 is 10.2 Å².